The lowest BCUT2D eigenvalue weighted by Gasteiger charge is -2.29. The highest BCUT2D eigenvalue weighted by Crippen LogP contribution is 2.17. The molecule has 0 saturated heterocycles. The monoisotopic (exact) mass is 426 g/mol. The molecule has 2 aromatic rings. The standard InChI is InChI=1S/C25H34N2O2S/c1-6-20(4)26-25(29)21(5)27(15-22-12-10-18(2)11-13-22)24(28)17-30-16-23-9-7-8-19(3)14-23/h7-14,20-21H,6,15-17H2,1-5H3,(H,26,29)/t20-,21+/m0/s1. The molecule has 0 fully saturated rings. The van der Waals surface area contributed by atoms with Crippen molar-refractivity contribution in [3.8, 4) is 0 Å². The highest BCUT2D eigenvalue weighted by atomic mass is 32.2. The van der Waals surface area contributed by atoms with E-state index in [9.17, 15) is 9.59 Å². The van der Waals surface area contributed by atoms with Crippen molar-refractivity contribution >= 4 is 23.6 Å². The van der Waals surface area contributed by atoms with Gasteiger partial charge in [-0.15, -0.1) is 11.8 Å². The Kier molecular flexibility index (Phi) is 9.44. The molecule has 2 atom stereocenters. The van der Waals surface area contributed by atoms with Gasteiger partial charge in [0.05, 0.1) is 5.75 Å². The van der Waals surface area contributed by atoms with Gasteiger partial charge in [-0.05, 0) is 45.2 Å². The summed E-state index contributed by atoms with van der Waals surface area (Å²) in [5.74, 6) is 1.01. The molecule has 0 saturated carbocycles. The molecule has 2 amide bonds. The average Bonchev–Trinajstić information content (AvgIpc) is 2.72. The van der Waals surface area contributed by atoms with Gasteiger partial charge in [0.2, 0.25) is 11.8 Å². The molecular weight excluding hydrogens is 392 g/mol. The zero-order chi connectivity index (χ0) is 22.1. The van der Waals surface area contributed by atoms with E-state index < -0.39 is 6.04 Å². The Balaban J connectivity index is 2.07. The van der Waals surface area contributed by atoms with Gasteiger partial charge in [0, 0.05) is 18.3 Å². The summed E-state index contributed by atoms with van der Waals surface area (Å²) in [6.45, 7) is 10.4. The maximum absolute atomic E-state index is 13.1. The van der Waals surface area contributed by atoms with E-state index in [1.807, 2.05) is 58.0 Å². The number of benzene rings is 2. The van der Waals surface area contributed by atoms with E-state index in [2.05, 4.69) is 30.4 Å². The van der Waals surface area contributed by atoms with Crippen molar-refractivity contribution in [1.29, 1.82) is 0 Å². The van der Waals surface area contributed by atoms with Gasteiger partial charge in [-0.3, -0.25) is 9.59 Å². The largest absolute Gasteiger partial charge is 0.352 e. The number of nitrogens with zero attached hydrogens (tertiary/aromatic N) is 1. The van der Waals surface area contributed by atoms with E-state index in [0.717, 1.165) is 17.7 Å². The highest BCUT2D eigenvalue weighted by molar-refractivity contribution is 7.99. The van der Waals surface area contributed by atoms with Crippen molar-refractivity contribution in [2.45, 2.75) is 65.4 Å². The molecular formula is C25H34N2O2S. The van der Waals surface area contributed by atoms with Crippen LogP contribution in [0.1, 0.15) is 49.4 Å². The number of carbonyl (C=O) groups is 2. The molecule has 0 aliphatic carbocycles. The summed E-state index contributed by atoms with van der Waals surface area (Å²) < 4.78 is 0. The first-order valence-corrected chi connectivity index (χ1v) is 11.7. The van der Waals surface area contributed by atoms with Crippen LogP contribution in [0.25, 0.3) is 0 Å². The summed E-state index contributed by atoms with van der Waals surface area (Å²) in [6.07, 6.45) is 0.858. The molecule has 30 heavy (non-hydrogen) atoms. The van der Waals surface area contributed by atoms with Crippen LogP contribution in [0.2, 0.25) is 0 Å². The summed E-state index contributed by atoms with van der Waals surface area (Å²) in [7, 11) is 0. The van der Waals surface area contributed by atoms with Crippen LogP contribution in [0, 0.1) is 13.8 Å². The number of nitrogens with one attached hydrogen (secondary N) is 1. The van der Waals surface area contributed by atoms with Gasteiger partial charge in [0.1, 0.15) is 6.04 Å². The first kappa shape index (κ1) is 24.0. The molecule has 0 aromatic heterocycles. The summed E-state index contributed by atoms with van der Waals surface area (Å²) in [5, 5.41) is 3.01. The molecule has 0 bridgehead atoms. The Morgan fingerprint density at radius 2 is 1.70 bits per heavy atom. The molecule has 1 N–H and O–H groups in total. The van der Waals surface area contributed by atoms with Gasteiger partial charge >= 0.3 is 0 Å². The third-order valence-electron chi connectivity index (χ3n) is 5.22. The van der Waals surface area contributed by atoms with Crippen LogP contribution in [0.5, 0.6) is 0 Å². The first-order valence-electron chi connectivity index (χ1n) is 10.6. The Hall–Kier alpha value is -2.27. The molecule has 0 heterocycles. The van der Waals surface area contributed by atoms with Crippen LogP contribution in [0.3, 0.4) is 0 Å². The van der Waals surface area contributed by atoms with E-state index in [4.69, 9.17) is 0 Å². The Labute approximate surface area is 185 Å². The van der Waals surface area contributed by atoms with E-state index in [1.165, 1.54) is 16.7 Å². The van der Waals surface area contributed by atoms with Crippen molar-refractivity contribution in [3.63, 3.8) is 0 Å². The third-order valence-corrected chi connectivity index (χ3v) is 6.21. The quantitative estimate of drug-likeness (QED) is 0.590. The second kappa shape index (κ2) is 11.8. The van der Waals surface area contributed by atoms with Gasteiger partial charge < -0.3 is 10.2 Å². The Morgan fingerprint density at radius 1 is 1.00 bits per heavy atom. The van der Waals surface area contributed by atoms with Crippen LogP contribution < -0.4 is 5.32 Å². The van der Waals surface area contributed by atoms with Crippen LogP contribution in [0.15, 0.2) is 48.5 Å². The summed E-state index contributed by atoms with van der Waals surface area (Å²) >= 11 is 1.59. The second-order valence-electron chi connectivity index (χ2n) is 7.98. The average molecular weight is 427 g/mol. The molecule has 162 valence electrons. The third kappa shape index (κ3) is 7.52. The number of hydrogen-bond acceptors (Lipinski definition) is 3. The van der Waals surface area contributed by atoms with E-state index >= 15 is 0 Å². The smallest absolute Gasteiger partial charge is 0.242 e. The van der Waals surface area contributed by atoms with Gasteiger partial charge in [0.15, 0.2) is 0 Å². The van der Waals surface area contributed by atoms with E-state index in [1.54, 1.807) is 16.7 Å². The lowest BCUT2D eigenvalue weighted by atomic mass is 10.1. The number of carbonyl (C=O) groups excluding carboxylic acids is 2. The number of thioether (sulfide) groups is 1. The predicted molar refractivity (Wildman–Crippen MR) is 126 cm³/mol. The molecule has 0 spiro atoms. The molecule has 0 aliphatic heterocycles. The van der Waals surface area contributed by atoms with E-state index in [-0.39, 0.29) is 17.9 Å². The molecule has 4 nitrogen and oxygen atoms in total. The van der Waals surface area contributed by atoms with Crippen molar-refractivity contribution in [1.82, 2.24) is 10.2 Å². The van der Waals surface area contributed by atoms with Crippen LogP contribution in [0.4, 0.5) is 0 Å². The van der Waals surface area contributed by atoms with Gasteiger partial charge in [-0.1, -0.05) is 66.6 Å². The molecule has 0 aliphatic rings. The number of rotatable bonds is 10. The predicted octanol–water partition coefficient (Wildman–Crippen LogP) is 4.87. The van der Waals surface area contributed by atoms with Crippen LogP contribution >= 0.6 is 11.8 Å². The van der Waals surface area contributed by atoms with Crippen molar-refractivity contribution < 1.29 is 9.59 Å². The lowest BCUT2D eigenvalue weighted by Crippen LogP contribution is -2.50. The normalized spacial score (nSPS) is 12.8. The second-order valence-corrected chi connectivity index (χ2v) is 8.97. The minimum Gasteiger partial charge on any atom is -0.352 e. The Bertz CT molecular complexity index is 835. The topological polar surface area (TPSA) is 49.4 Å². The Morgan fingerprint density at radius 3 is 2.33 bits per heavy atom. The minimum absolute atomic E-state index is 0.0139. The highest BCUT2D eigenvalue weighted by Gasteiger charge is 2.26. The van der Waals surface area contributed by atoms with Crippen molar-refractivity contribution in [3.05, 3.63) is 70.8 Å². The molecule has 0 radical (unpaired) electrons. The summed E-state index contributed by atoms with van der Waals surface area (Å²) in [6, 6.07) is 16.0. The van der Waals surface area contributed by atoms with Crippen molar-refractivity contribution in [2.24, 2.45) is 0 Å². The van der Waals surface area contributed by atoms with Gasteiger partial charge in [-0.25, -0.2) is 0 Å². The van der Waals surface area contributed by atoms with E-state index in [0.29, 0.717) is 12.3 Å². The summed E-state index contributed by atoms with van der Waals surface area (Å²) in [5.41, 5.74) is 4.63. The molecule has 2 rings (SSSR count). The fourth-order valence-electron chi connectivity index (χ4n) is 3.08. The SMILES string of the molecule is CC[C@H](C)NC(=O)[C@@H](C)N(Cc1ccc(C)cc1)C(=O)CSCc1cccc(C)c1. The number of amides is 2. The minimum atomic E-state index is -0.521. The number of aryl methyl sites for hydroxylation is 2. The maximum atomic E-state index is 13.1. The summed E-state index contributed by atoms with van der Waals surface area (Å²) in [4.78, 5) is 27.5. The number of hydrogen-bond donors (Lipinski definition) is 1. The zero-order valence-electron chi connectivity index (χ0n) is 18.8. The fraction of sp³-hybridized carbons (Fsp3) is 0.440. The zero-order valence-corrected chi connectivity index (χ0v) is 19.6. The van der Waals surface area contributed by atoms with Crippen molar-refractivity contribution in [2.75, 3.05) is 5.75 Å². The van der Waals surface area contributed by atoms with Crippen LogP contribution in [-0.4, -0.2) is 34.6 Å². The van der Waals surface area contributed by atoms with Crippen LogP contribution in [-0.2, 0) is 21.9 Å². The maximum Gasteiger partial charge on any atom is 0.242 e. The lowest BCUT2D eigenvalue weighted by molar-refractivity contribution is -0.138. The van der Waals surface area contributed by atoms with Gasteiger partial charge in [0.25, 0.3) is 0 Å². The molecule has 0 unspecified atom stereocenters. The molecule has 2 aromatic carbocycles. The molecule has 5 heteroatoms. The first-order chi connectivity index (χ1) is 14.3. The fourth-order valence-corrected chi connectivity index (χ4v) is 3.94. The van der Waals surface area contributed by atoms with Gasteiger partial charge in [-0.2, -0.15) is 0 Å².